The van der Waals surface area contributed by atoms with Crippen molar-refractivity contribution in [3.05, 3.63) is 18.0 Å². The quantitative estimate of drug-likeness (QED) is 0.791. The number of hydrogen-bond acceptors (Lipinski definition) is 4. The van der Waals surface area contributed by atoms with Crippen LogP contribution in [0.2, 0.25) is 0 Å². The molecule has 0 aromatic carbocycles. The van der Waals surface area contributed by atoms with Gasteiger partial charge >= 0.3 is 0 Å². The Bertz CT molecular complexity index is 493. The smallest absolute Gasteiger partial charge is 0.246 e. The van der Waals surface area contributed by atoms with Gasteiger partial charge in [0.1, 0.15) is 0 Å². The fraction of sp³-hybridized carbons (Fsp3) is 0.643. The lowest BCUT2D eigenvalue weighted by molar-refractivity contribution is -0.137. The standard InChI is InChI=1S/C14H22N4O2/c1-4-11(5-2)18-7-6-10(16-18)9-15-12-8-13(19)17(3)14(12)20/h6-7,11-12,15H,4-5,8-9H2,1-3H3. The molecule has 2 rings (SSSR count). The van der Waals surface area contributed by atoms with Crippen LogP contribution in [0.5, 0.6) is 0 Å². The molecule has 1 atom stereocenters. The summed E-state index contributed by atoms with van der Waals surface area (Å²) in [6.07, 6.45) is 4.31. The maximum Gasteiger partial charge on any atom is 0.246 e. The summed E-state index contributed by atoms with van der Waals surface area (Å²) in [5.41, 5.74) is 0.895. The van der Waals surface area contributed by atoms with Crippen LogP contribution in [0.1, 0.15) is 44.8 Å². The first kappa shape index (κ1) is 14.7. The van der Waals surface area contributed by atoms with E-state index in [1.165, 1.54) is 11.9 Å². The molecule has 2 heterocycles. The normalized spacial score (nSPS) is 19.4. The Hall–Kier alpha value is -1.69. The Morgan fingerprint density at radius 3 is 2.65 bits per heavy atom. The molecule has 6 heteroatoms. The van der Waals surface area contributed by atoms with Crippen molar-refractivity contribution in [2.24, 2.45) is 0 Å². The molecule has 6 nitrogen and oxygen atoms in total. The average Bonchev–Trinajstić information content (AvgIpc) is 2.99. The molecule has 2 amide bonds. The van der Waals surface area contributed by atoms with Crippen molar-refractivity contribution < 1.29 is 9.59 Å². The molecular weight excluding hydrogens is 256 g/mol. The van der Waals surface area contributed by atoms with Gasteiger partial charge in [0.05, 0.1) is 24.2 Å². The molecule has 1 fully saturated rings. The number of carbonyl (C=O) groups is 2. The Morgan fingerprint density at radius 2 is 2.10 bits per heavy atom. The van der Waals surface area contributed by atoms with Crippen LogP contribution in [-0.4, -0.2) is 39.6 Å². The van der Waals surface area contributed by atoms with Crippen LogP contribution in [0.15, 0.2) is 12.3 Å². The Balaban J connectivity index is 1.92. The second-order valence-electron chi connectivity index (χ2n) is 5.19. The minimum absolute atomic E-state index is 0.130. The number of carbonyl (C=O) groups excluding carboxylic acids is 2. The van der Waals surface area contributed by atoms with E-state index in [1.54, 1.807) is 0 Å². The highest BCUT2D eigenvalue weighted by atomic mass is 16.2. The van der Waals surface area contributed by atoms with Crippen LogP contribution >= 0.6 is 0 Å². The summed E-state index contributed by atoms with van der Waals surface area (Å²) in [5, 5.41) is 7.63. The number of rotatable bonds is 6. The Morgan fingerprint density at radius 1 is 1.40 bits per heavy atom. The summed E-state index contributed by atoms with van der Waals surface area (Å²) in [7, 11) is 1.52. The van der Waals surface area contributed by atoms with Crippen molar-refractivity contribution in [1.29, 1.82) is 0 Å². The molecule has 110 valence electrons. The van der Waals surface area contributed by atoms with Crippen molar-refractivity contribution in [3.63, 3.8) is 0 Å². The van der Waals surface area contributed by atoms with Gasteiger partial charge in [-0.3, -0.25) is 24.5 Å². The highest BCUT2D eigenvalue weighted by molar-refractivity contribution is 6.05. The van der Waals surface area contributed by atoms with E-state index in [0.29, 0.717) is 12.6 Å². The van der Waals surface area contributed by atoms with Gasteiger partial charge < -0.3 is 0 Å². The molecule has 0 spiro atoms. The van der Waals surface area contributed by atoms with Crippen molar-refractivity contribution >= 4 is 11.8 Å². The van der Waals surface area contributed by atoms with Crippen LogP contribution in [0.25, 0.3) is 0 Å². The van der Waals surface area contributed by atoms with Crippen LogP contribution in [0, 0.1) is 0 Å². The predicted molar refractivity (Wildman–Crippen MR) is 74.9 cm³/mol. The molecule has 20 heavy (non-hydrogen) atoms. The number of hydrogen-bond donors (Lipinski definition) is 1. The number of likely N-dealkylation sites (tertiary alicyclic amines) is 1. The molecule has 0 radical (unpaired) electrons. The molecule has 1 N–H and O–H groups in total. The van der Waals surface area contributed by atoms with Crippen LogP contribution < -0.4 is 5.32 Å². The van der Waals surface area contributed by atoms with Crippen LogP contribution in [0.4, 0.5) is 0 Å². The van der Waals surface area contributed by atoms with Gasteiger partial charge in [-0.2, -0.15) is 5.10 Å². The third-order valence-corrected chi connectivity index (χ3v) is 3.89. The first-order valence-corrected chi connectivity index (χ1v) is 7.14. The topological polar surface area (TPSA) is 67.2 Å². The van der Waals surface area contributed by atoms with Gasteiger partial charge in [-0.25, -0.2) is 0 Å². The zero-order valence-corrected chi connectivity index (χ0v) is 12.3. The third kappa shape index (κ3) is 2.90. The summed E-state index contributed by atoms with van der Waals surface area (Å²) in [6.45, 7) is 4.80. The first-order chi connectivity index (χ1) is 9.56. The van der Waals surface area contributed by atoms with Crippen molar-refractivity contribution in [1.82, 2.24) is 20.0 Å². The Labute approximate surface area is 119 Å². The molecule has 0 saturated carbocycles. The van der Waals surface area contributed by atoms with Crippen molar-refractivity contribution in [2.75, 3.05) is 7.05 Å². The van der Waals surface area contributed by atoms with Gasteiger partial charge in [-0.15, -0.1) is 0 Å². The third-order valence-electron chi connectivity index (χ3n) is 3.89. The number of amides is 2. The number of imide groups is 1. The van der Waals surface area contributed by atoms with E-state index in [2.05, 4.69) is 24.3 Å². The lowest BCUT2D eigenvalue weighted by Crippen LogP contribution is -2.36. The molecule has 1 aromatic rings. The van der Waals surface area contributed by atoms with Gasteiger partial charge in [0.2, 0.25) is 11.8 Å². The molecule has 1 aromatic heterocycles. The molecule has 1 saturated heterocycles. The second-order valence-corrected chi connectivity index (χ2v) is 5.19. The van der Waals surface area contributed by atoms with E-state index < -0.39 is 6.04 Å². The number of aromatic nitrogens is 2. The molecule has 0 bridgehead atoms. The largest absolute Gasteiger partial charge is 0.300 e. The van der Waals surface area contributed by atoms with Gasteiger partial charge in [0, 0.05) is 19.8 Å². The summed E-state index contributed by atoms with van der Waals surface area (Å²) < 4.78 is 1.98. The highest BCUT2D eigenvalue weighted by Crippen LogP contribution is 2.15. The molecule has 1 aliphatic heterocycles. The number of nitrogens with one attached hydrogen (secondary N) is 1. The summed E-state index contributed by atoms with van der Waals surface area (Å²) in [5.74, 6) is -0.288. The van der Waals surface area contributed by atoms with Crippen LogP contribution in [-0.2, 0) is 16.1 Å². The SMILES string of the molecule is CCC(CC)n1ccc(CNC2CC(=O)N(C)C2=O)n1. The van der Waals surface area contributed by atoms with Gasteiger partial charge in [0.15, 0.2) is 0 Å². The van der Waals surface area contributed by atoms with Crippen molar-refractivity contribution in [2.45, 2.75) is 51.7 Å². The summed E-state index contributed by atoms with van der Waals surface area (Å²) in [6, 6.07) is 1.96. The molecule has 1 aliphatic rings. The van der Waals surface area contributed by atoms with Gasteiger partial charge in [0.25, 0.3) is 0 Å². The van der Waals surface area contributed by atoms with Crippen molar-refractivity contribution in [3.8, 4) is 0 Å². The zero-order chi connectivity index (χ0) is 14.7. The predicted octanol–water partition coefficient (Wildman–Crippen LogP) is 1.09. The maximum absolute atomic E-state index is 11.8. The minimum Gasteiger partial charge on any atom is -0.300 e. The fourth-order valence-corrected chi connectivity index (χ4v) is 2.48. The monoisotopic (exact) mass is 278 g/mol. The minimum atomic E-state index is -0.411. The number of likely N-dealkylation sites (N-methyl/N-ethyl adjacent to an activating group) is 1. The molecule has 0 aliphatic carbocycles. The summed E-state index contributed by atoms with van der Waals surface area (Å²) >= 11 is 0. The average molecular weight is 278 g/mol. The molecule has 1 unspecified atom stereocenters. The van der Waals surface area contributed by atoms with Gasteiger partial charge in [-0.1, -0.05) is 13.8 Å². The van der Waals surface area contributed by atoms with E-state index in [0.717, 1.165) is 18.5 Å². The number of nitrogens with zero attached hydrogens (tertiary/aromatic N) is 3. The lowest BCUT2D eigenvalue weighted by Gasteiger charge is -2.13. The van der Waals surface area contributed by atoms with E-state index >= 15 is 0 Å². The van der Waals surface area contributed by atoms with E-state index in [4.69, 9.17) is 0 Å². The molecular formula is C14H22N4O2. The van der Waals surface area contributed by atoms with E-state index in [-0.39, 0.29) is 18.2 Å². The zero-order valence-electron chi connectivity index (χ0n) is 12.3. The van der Waals surface area contributed by atoms with E-state index in [1.807, 2.05) is 16.9 Å². The van der Waals surface area contributed by atoms with Crippen LogP contribution in [0.3, 0.4) is 0 Å². The fourth-order valence-electron chi connectivity index (χ4n) is 2.48. The Kier molecular flexibility index (Phi) is 4.54. The highest BCUT2D eigenvalue weighted by Gasteiger charge is 2.35. The first-order valence-electron chi connectivity index (χ1n) is 7.14. The summed E-state index contributed by atoms with van der Waals surface area (Å²) in [4.78, 5) is 24.4. The second kappa shape index (κ2) is 6.17. The maximum atomic E-state index is 11.8. The van der Waals surface area contributed by atoms with E-state index in [9.17, 15) is 9.59 Å². The lowest BCUT2D eigenvalue weighted by atomic mass is 10.2. The van der Waals surface area contributed by atoms with Gasteiger partial charge in [-0.05, 0) is 18.9 Å².